The maximum Gasteiger partial charge on any atom is 0.216 e. The van der Waals surface area contributed by atoms with Crippen LogP contribution in [0.5, 0.6) is 11.5 Å². The molecule has 0 bridgehead atoms. The molecule has 0 atom stereocenters. The Hall–Kier alpha value is -1.23. The number of halogens is 1. The third kappa shape index (κ3) is 3.93. The predicted octanol–water partition coefficient (Wildman–Crippen LogP) is 2.14. The lowest BCUT2D eigenvalue weighted by molar-refractivity contribution is -0.118. The standard InChI is InChI=1S/C12H16BrNO3/c1-8(15)14-5-4-9-6-11(16-2)12(17-3)7-10(9)13/h6-7H,4-5H2,1-3H3,(H,14,15). The van der Waals surface area contributed by atoms with E-state index in [9.17, 15) is 4.79 Å². The van der Waals surface area contributed by atoms with Crippen molar-refractivity contribution >= 4 is 21.8 Å². The number of ether oxygens (including phenoxy) is 2. The van der Waals surface area contributed by atoms with Gasteiger partial charge in [0.15, 0.2) is 11.5 Å². The molecule has 0 fully saturated rings. The maximum absolute atomic E-state index is 10.8. The van der Waals surface area contributed by atoms with E-state index in [2.05, 4.69) is 21.2 Å². The zero-order valence-corrected chi connectivity index (χ0v) is 11.8. The number of amides is 1. The van der Waals surface area contributed by atoms with Gasteiger partial charge in [0.25, 0.3) is 0 Å². The van der Waals surface area contributed by atoms with Gasteiger partial charge in [-0.25, -0.2) is 0 Å². The molecule has 0 unspecified atom stereocenters. The van der Waals surface area contributed by atoms with Crippen LogP contribution in [-0.4, -0.2) is 26.7 Å². The van der Waals surface area contributed by atoms with E-state index < -0.39 is 0 Å². The van der Waals surface area contributed by atoms with Crippen LogP contribution >= 0.6 is 15.9 Å². The molecule has 0 heterocycles. The van der Waals surface area contributed by atoms with E-state index in [-0.39, 0.29) is 5.91 Å². The molecule has 5 heteroatoms. The van der Waals surface area contributed by atoms with E-state index >= 15 is 0 Å². The van der Waals surface area contributed by atoms with Gasteiger partial charge in [-0.05, 0) is 24.1 Å². The lowest BCUT2D eigenvalue weighted by atomic mass is 10.1. The molecule has 0 saturated carbocycles. The van der Waals surface area contributed by atoms with Crippen LogP contribution in [0.2, 0.25) is 0 Å². The number of hydrogen-bond acceptors (Lipinski definition) is 3. The van der Waals surface area contributed by atoms with Crippen LogP contribution in [0.4, 0.5) is 0 Å². The second-order valence-electron chi connectivity index (χ2n) is 3.53. The van der Waals surface area contributed by atoms with E-state index in [1.165, 1.54) is 6.92 Å². The Bertz CT molecular complexity index is 407. The van der Waals surface area contributed by atoms with E-state index in [0.717, 1.165) is 16.5 Å². The van der Waals surface area contributed by atoms with Gasteiger partial charge in [0.1, 0.15) is 0 Å². The number of hydrogen-bond donors (Lipinski definition) is 1. The minimum absolute atomic E-state index is 0.0263. The summed E-state index contributed by atoms with van der Waals surface area (Å²) in [5.41, 5.74) is 1.07. The molecular weight excluding hydrogens is 286 g/mol. The van der Waals surface area contributed by atoms with Gasteiger partial charge in [-0.3, -0.25) is 4.79 Å². The number of methoxy groups -OCH3 is 2. The van der Waals surface area contributed by atoms with Crippen molar-refractivity contribution in [1.29, 1.82) is 0 Å². The van der Waals surface area contributed by atoms with Crippen molar-refractivity contribution in [3.63, 3.8) is 0 Å². The fourth-order valence-electron chi connectivity index (χ4n) is 1.46. The van der Waals surface area contributed by atoms with Gasteiger partial charge in [0.2, 0.25) is 5.91 Å². The first-order chi connectivity index (χ1) is 8.08. The smallest absolute Gasteiger partial charge is 0.216 e. The predicted molar refractivity (Wildman–Crippen MR) is 69.6 cm³/mol. The van der Waals surface area contributed by atoms with E-state index in [1.54, 1.807) is 14.2 Å². The van der Waals surface area contributed by atoms with Gasteiger partial charge in [-0.15, -0.1) is 0 Å². The molecule has 1 aromatic rings. The van der Waals surface area contributed by atoms with Crippen molar-refractivity contribution in [3.05, 3.63) is 22.2 Å². The molecule has 4 nitrogen and oxygen atoms in total. The molecule has 1 aromatic carbocycles. The molecule has 0 aliphatic rings. The van der Waals surface area contributed by atoms with Crippen molar-refractivity contribution in [3.8, 4) is 11.5 Å². The van der Waals surface area contributed by atoms with Crippen LogP contribution in [-0.2, 0) is 11.2 Å². The number of benzene rings is 1. The average molecular weight is 302 g/mol. The highest BCUT2D eigenvalue weighted by atomic mass is 79.9. The van der Waals surface area contributed by atoms with Crippen molar-refractivity contribution in [2.45, 2.75) is 13.3 Å². The molecule has 17 heavy (non-hydrogen) atoms. The molecule has 0 spiro atoms. The normalized spacial score (nSPS) is 9.88. The minimum atomic E-state index is -0.0263. The van der Waals surface area contributed by atoms with Gasteiger partial charge in [-0.2, -0.15) is 0 Å². The lowest BCUT2D eigenvalue weighted by Crippen LogP contribution is -2.22. The Balaban J connectivity index is 2.81. The highest BCUT2D eigenvalue weighted by Crippen LogP contribution is 2.33. The molecule has 0 radical (unpaired) electrons. The van der Waals surface area contributed by atoms with Crippen LogP contribution in [0.15, 0.2) is 16.6 Å². The number of carbonyl (C=O) groups is 1. The molecule has 0 aliphatic heterocycles. The minimum Gasteiger partial charge on any atom is -0.493 e. The van der Waals surface area contributed by atoms with E-state index in [4.69, 9.17) is 9.47 Å². The lowest BCUT2D eigenvalue weighted by Gasteiger charge is -2.12. The highest BCUT2D eigenvalue weighted by molar-refractivity contribution is 9.10. The van der Waals surface area contributed by atoms with Crippen molar-refractivity contribution in [2.75, 3.05) is 20.8 Å². The third-order valence-electron chi connectivity index (χ3n) is 2.32. The fourth-order valence-corrected chi connectivity index (χ4v) is 1.98. The zero-order chi connectivity index (χ0) is 12.8. The monoisotopic (exact) mass is 301 g/mol. The number of nitrogens with one attached hydrogen (secondary N) is 1. The number of rotatable bonds is 5. The summed E-state index contributed by atoms with van der Waals surface area (Å²) in [5.74, 6) is 1.35. The van der Waals surface area contributed by atoms with Crippen LogP contribution in [0.3, 0.4) is 0 Å². The first kappa shape index (κ1) is 13.8. The molecule has 94 valence electrons. The van der Waals surface area contributed by atoms with Crippen LogP contribution in [0.25, 0.3) is 0 Å². The first-order valence-electron chi connectivity index (χ1n) is 5.23. The Morgan fingerprint density at radius 1 is 1.29 bits per heavy atom. The highest BCUT2D eigenvalue weighted by Gasteiger charge is 2.09. The maximum atomic E-state index is 10.8. The molecule has 0 saturated heterocycles. The summed E-state index contributed by atoms with van der Waals surface area (Å²) in [6.07, 6.45) is 0.737. The van der Waals surface area contributed by atoms with Gasteiger partial charge < -0.3 is 14.8 Å². The van der Waals surface area contributed by atoms with Gasteiger partial charge in [0.05, 0.1) is 14.2 Å². The van der Waals surface area contributed by atoms with Gasteiger partial charge in [-0.1, -0.05) is 15.9 Å². The Labute approximate surface area is 109 Å². The van der Waals surface area contributed by atoms with Crippen LogP contribution < -0.4 is 14.8 Å². The Kier molecular flexibility index (Phi) is 5.28. The molecule has 0 aromatic heterocycles. The summed E-state index contributed by atoms with van der Waals surface area (Å²) < 4.78 is 11.4. The summed E-state index contributed by atoms with van der Waals surface area (Å²) in [7, 11) is 3.20. The fraction of sp³-hybridized carbons (Fsp3) is 0.417. The summed E-state index contributed by atoms with van der Waals surface area (Å²) in [5, 5.41) is 2.76. The Morgan fingerprint density at radius 2 is 1.88 bits per heavy atom. The SMILES string of the molecule is COc1cc(Br)c(CCNC(C)=O)cc1OC. The molecule has 1 rings (SSSR count). The van der Waals surface area contributed by atoms with Crippen LogP contribution in [0.1, 0.15) is 12.5 Å². The Morgan fingerprint density at radius 3 is 2.41 bits per heavy atom. The van der Waals surface area contributed by atoms with Crippen molar-refractivity contribution in [1.82, 2.24) is 5.32 Å². The largest absolute Gasteiger partial charge is 0.493 e. The summed E-state index contributed by atoms with van der Waals surface area (Å²) in [4.78, 5) is 10.8. The van der Waals surface area contributed by atoms with E-state index in [0.29, 0.717) is 18.0 Å². The molecule has 1 amide bonds. The molecule has 0 aliphatic carbocycles. The zero-order valence-electron chi connectivity index (χ0n) is 10.2. The quantitative estimate of drug-likeness (QED) is 0.906. The topological polar surface area (TPSA) is 47.6 Å². The summed E-state index contributed by atoms with van der Waals surface area (Å²) in [6.45, 7) is 2.10. The second-order valence-corrected chi connectivity index (χ2v) is 4.39. The van der Waals surface area contributed by atoms with Crippen molar-refractivity contribution < 1.29 is 14.3 Å². The first-order valence-corrected chi connectivity index (χ1v) is 6.02. The average Bonchev–Trinajstić information content (AvgIpc) is 2.30. The van der Waals surface area contributed by atoms with Crippen LogP contribution in [0, 0.1) is 0 Å². The second kappa shape index (κ2) is 6.49. The third-order valence-corrected chi connectivity index (χ3v) is 3.06. The van der Waals surface area contributed by atoms with Crippen molar-refractivity contribution in [2.24, 2.45) is 0 Å². The summed E-state index contributed by atoms with van der Waals surface area (Å²) >= 11 is 3.47. The van der Waals surface area contributed by atoms with Gasteiger partial charge in [0, 0.05) is 17.9 Å². The summed E-state index contributed by atoms with van der Waals surface area (Å²) in [6, 6.07) is 3.77. The van der Waals surface area contributed by atoms with Gasteiger partial charge >= 0.3 is 0 Å². The van der Waals surface area contributed by atoms with E-state index in [1.807, 2.05) is 12.1 Å². The number of carbonyl (C=O) groups excluding carboxylic acids is 1. The molecular formula is C12H16BrNO3. The molecule has 1 N–H and O–H groups in total.